The van der Waals surface area contributed by atoms with Crippen molar-refractivity contribution in [2.45, 2.75) is 13.3 Å². The van der Waals surface area contributed by atoms with Crippen LogP contribution in [0.15, 0.2) is 53.0 Å². The number of hydrogen-bond acceptors (Lipinski definition) is 6. The van der Waals surface area contributed by atoms with Crippen LogP contribution < -0.4 is 14.8 Å². The lowest BCUT2D eigenvalue weighted by Gasteiger charge is -2.07. The van der Waals surface area contributed by atoms with E-state index in [0.29, 0.717) is 23.8 Å². The monoisotopic (exact) mass is 379 g/mol. The van der Waals surface area contributed by atoms with E-state index in [0.717, 1.165) is 11.1 Å². The molecule has 0 unspecified atom stereocenters. The first-order chi connectivity index (χ1) is 13.6. The molecule has 1 aromatic heterocycles. The van der Waals surface area contributed by atoms with Gasteiger partial charge in [0.15, 0.2) is 11.5 Å². The van der Waals surface area contributed by atoms with Gasteiger partial charge in [-0.3, -0.25) is 10.1 Å². The molecule has 0 atom stereocenters. The van der Waals surface area contributed by atoms with Gasteiger partial charge in [-0.05, 0) is 36.3 Å². The van der Waals surface area contributed by atoms with Crippen LogP contribution in [0.2, 0.25) is 0 Å². The summed E-state index contributed by atoms with van der Waals surface area (Å²) >= 11 is 0. The summed E-state index contributed by atoms with van der Waals surface area (Å²) in [5.41, 5.74) is 3.03. The molecule has 144 valence electrons. The fourth-order valence-electron chi connectivity index (χ4n) is 2.53. The van der Waals surface area contributed by atoms with E-state index in [-0.39, 0.29) is 11.9 Å². The molecule has 7 heteroatoms. The van der Waals surface area contributed by atoms with Crippen LogP contribution in [0.4, 0.5) is 6.01 Å². The number of nitrogens with one attached hydrogen (secondary N) is 1. The van der Waals surface area contributed by atoms with Gasteiger partial charge in [0.05, 0.1) is 20.6 Å². The van der Waals surface area contributed by atoms with Crippen LogP contribution in [0.3, 0.4) is 0 Å². The molecular formula is C21H21N3O4. The maximum atomic E-state index is 12.1. The molecule has 0 saturated carbocycles. The Hall–Kier alpha value is -3.61. The van der Waals surface area contributed by atoms with Gasteiger partial charge >= 0.3 is 6.01 Å². The van der Waals surface area contributed by atoms with Crippen LogP contribution >= 0.6 is 0 Å². The number of carbonyl (C=O) groups excluding carboxylic acids is 1. The molecule has 0 saturated heterocycles. The third-order valence-corrected chi connectivity index (χ3v) is 4.01. The third kappa shape index (κ3) is 4.97. The number of aromatic nitrogens is 2. The Morgan fingerprint density at radius 2 is 1.82 bits per heavy atom. The van der Waals surface area contributed by atoms with Crippen molar-refractivity contribution in [2.75, 3.05) is 19.5 Å². The van der Waals surface area contributed by atoms with Gasteiger partial charge in [0.1, 0.15) is 0 Å². The zero-order valence-electron chi connectivity index (χ0n) is 15.9. The molecule has 28 heavy (non-hydrogen) atoms. The van der Waals surface area contributed by atoms with Crippen molar-refractivity contribution in [1.29, 1.82) is 0 Å². The molecule has 0 aliphatic rings. The highest BCUT2D eigenvalue weighted by Gasteiger charge is 2.09. The lowest BCUT2D eigenvalue weighted by molar-refractivity contribution is -0.112. The lowest BCUT2D eigenvalue weighted by atomic mass is 10.1. The smallest absolute Gasteiger partial charge is 0.322 e. The Labute approximate surface area is 163 Å². The molecule has 1 heterocycles. The summed E-state index contributed by atoms with van der Waals surface area (Å²) in [6.45, 7) is 2.03. The molecular weight excluding hydrogens is 358 g/mol. The van der Waals surface area contributed by atoms with E-state index in [1.165, 1.54) is 11.6 Å². The molecule has 0 radical (unpaired) electrons. The Morgan fingerprint density at radius 3 is 2.54 bits per heavy atom. The Bertz CT molecular complexity index is 978. The number of nitrogens with zero attached hydrogens (tertiary/aromatic N) is 2. The van der Waals surface area contributed by atoms with Gasteiger partial charge in [0, 0.05) is 6.08 Å². The van der Waals surface area contributed by atoms with Crippen molar-refractivity contribution in [3.8, 4) is 11.5 Å². The predicted octanol–water partition coefficient (Wildman–Crippen LogP) is 3.64. The third-order valence-electron chi connectivity index (χ3n) is 4.01. The summed E-state index contributed by atoms with van der Waals surface area (Å²) in [5.74, 6) is 1.27. The first-order valence-corrected chi connectivity index (χ1v) is 8.66. The first-order valence-electron chi connectivity index (χ1n) is 8.66. The van der Waals surface area contributed by atoms with E-state index in [4.69, 9.17) is 13.9 Å². The second-order valence-electron chi connectivity index (χ2n) is 6.10. The van der Waals surface area contributed by atoms with Crippen molar-refractivity contribution in [3.63, 3.8) is 0 Å². The van der Waals surface area contributed by atoms with E-state index in [1.807, 2.05) is 37.3 Å². The minimum absolute atomic E-state index is 0.0593. The van der Waals surface area contributed by atoms with E-state index in [1.54, 1.807) is 32.4 Å². The Morgan fingerprint density at radius 1 is 1.07 bits per heavy atom. The fraction of sp³-hybridized carbons (Fsp3) is 0.190. The minimum Gasteiger partial charge on any atom is -0.493 e. The van der Waals surface area contributed by atoms with Crippen molar-refractivity contribution in [2.24, 2.45) is 0 Å². The maximum Gasteiger partial charge on any atom is 0.322 e. The lowest BCUT2D eigenvalue weighted by Crippen LogP contribution is -2.07. The van der Waals surface area contributed by atoms with Crippen LogP contribution in [0.5, 0.6) is 11.5 Å². The number of benzene rings is 2. The molecule has 0 aliphatic carbocycles. The van der Waals surface area contributed by atoms with E-state index < -0.39 is 0 Å². The van der Waals surface area contributed by atoms with Gasteiger partial charge < -0.3 is 13.9 Å². The van der Waals surface area contributed by atoms with Crippen molar-refractivity contribution < 1.29 is 18.7 Å². The van der Waals surface area contributed by atoms with Gasteiger partial charge in [-0.2, -0.15) is 0 Å². The Balaban J connectivity index is 1.60. The molecule has 2 aromatic carbocycles. The van der Waals surface area contributed by atoms with Gasteiger partial charge in [-0.1, -0.05) is 41.0 Å². The van der Waals surface area contributed by atoms with E-state index in [2.05, 4.69) is 15.5 Å². The number of methoxy groups -OCH3 is 2. The number of aryl methyl sites for hydroxylation is 1. The first kappa shape index (κ1) is 19.2. The van der Waals surface area contributed by atoms with Crippen LogP contribution in [0, 0.1) is 6.92 Å². The number of hydrogen-bond donors (Lipinski definition) is 1. The molecule has 1 N–H and O–H groups in total. The summed E-state index contributed by atoms with van der Waals surface area (Å²) < 4.78 is 15.9. The zero-order valence-corrected chi connectivity index (χ0v) is 15.9. The van der Waals surface area contributed by atoms with Crippen LogP contribution in [0.25, 0.3) is 6.08 Å². The Kier molecular flexibility index (Phi) is 6.06. The van der Waals surface area contributed by atoms with Crippen molar-refractivity contribution in [3.05, 3.63) is 71.1 Å². The average Bonchev–Trinajstić information content (AvgIpc) is 3.14. The van der Waals surface area contributed by atoms with Gasteiger partial charge in [0.2, 0.25) is 5.89 Å². The van der Waals surface area contributed by atoms with Gasteiger partial charge in [0.25, 0.3) is 5.91 Å². The number of anilines is 1. The quantitative estimate of drug-likeness (QED) is 0.631. The largest absolute Gasteiger partial charge is 0.493 e. The number of amides is 1. The molecule has 3 aromatic rings. The van der Waals surface area contributed by atoms with Crippen molar-refractivity contribution in [1.82, 2.24) is 10.2 Å². The molecule has 0 fully saturated rings. The van der Waals surface area contributed by atoms with Crippen LogP contribution in [0.1, 0.15) is 22.6 Å². The molecule has 7 nitrogen and oxygen atoms in total. The summed E-state index contributed by atoms with van der Waals surface area (Å²) in [4.78, 5) is 12.1. The highest BCUT2D eigenvalue weighted by Crippen LogP contribution is 2.27. The van der Waals surface area contributed by atoms with E-state index >= 15 is 0 Å². The normalized spacial score (nSPS) is 10.8. The number of ether oxygens (including phenoxy) is 2. The SMILES string of the molecule is COc1ccc(/C=C/C(=O)Nc2nnc(Cc3ccc(C)cc3)o2)cc1OC. The topological polar surface area (TPSA) is 86.5 Å². The summed E-state index contributed by atoms with van der Waals surface area (Å²) in [6, 6.07) is 13.5. The number of carbonyl (C=O) groups is 1. The molecule has 1 amide bonds. The average molecular weight is 379 g/mol. The number of rotatable bonds is 7. The molecule has 0 aliphatic heterocycles. The summed E-state index contributed by atoms with van der Waals surface area (Å²) in [6.07, 6.45) is 3.54. The summed E-state index contributed by atoms with van der Waals surface area (Å²) in [5, 5.41) is 10.4. The zero-order chi connectivity index (χ0) is 19.9. The standard InChI is InChI=1S/C21H21N3O4/c1-14-4-6-16(7-5-14)13-20-23-24-21(28-20)22-19(25)11-9-15-8-10-17(26-2)18(12-15)27-3/h4-12H,13H2,1-3H3,(H,22,24,25)/b11-9+. The van der Waals surface area contributed by atoms with Gasteiger partial charge in [-0.25, -0.2) is 0 Å². The highest BCUT2D eigenvalue weighted by atomic mass is 16.5. The minimum atomic E-state index is -0.375. The molecule has 0 bridgehead atoms. The molecule has 3 rings (SSSR count). The second-order valence-corrected chi connectivity index (χ2v) is 6.10. The predicted molar refractivity (Wildman–Crippen MR) is 105 cm³/mol. The second kappa shape index (κ2) is 8.85. The van der Waals surface area contributed by atoms with Crippen LogP contribution in [-0.4, -0.2) is 30.3 Å². The molecule has 0 spiro atoms. The van der Waals surface area contributed by atoms with Crippen molar-refractivity contribution >= 4 is 18.0 Å². The van der Waals surface area contributed by atoms with Gasteiger partial charge in [-0.15, -0.1) is 5.10 Å². The highest BCUT2D eigenvalue weighted by molar-refractivity contribution is 6.00. The van der Waals surface area contributed by atoms with E-state index in [9.17, 15) is 4.79 Å². The fourth-order valence-corrected chi connectivity index (χ4v) is 2.53. The van der Waals surface area contributed by atoms with Crippen LogP contribution in [-0.2, 0) is 11.2 Å². The summed E-state index contributed by atoms with van der Waals surface area (Å²) in [7, 11) is 3.13. The maximum absolute atomic E-state index is 12.1.